The van der Waals surface area contributed by atoms with Crippen LogP contribution in [0.15, 0.2) is 41.5 Å². The van der Waals surface area contributed by atoms with Crippen LogP contribution in [0.4, 0.5) is 5.69 Å². The Bertz CT molecular complexity index is 1170. The molecule has 3 aromatic rings. The predicted octanol–water partition coefficient (Wildman–Crippen LogP) is 1.86. The summed E-state index contributed by atoms with van der Waals surface area (Å²) in [5.74, 6) is 1.50. The number of nitrogens with zero attached hydrogens (tertiary/aromatic N) is 4. The first-order valence-corrected chi connectivity index (χ1v) is 11.6. The lowest BCUT2D eigenvalue weighted by atomic mass is 10.0. The fourth-order valence-electron chi connectivity index (χ4n) is 4.47. The van der Waals surface area contributed by atoms with Crippen molar-refractivity contribution in [2.24, 2.45) is 0 Å². The van der Waals surface area contributed by atoms with Crippen molar-refractivity contribution in [2.45, 2.75) is 32.0 Å². The van der Waals surface area contributed by atoms with Crippen LogP contribution in [0.5, 0.6) is 11.5 Å². The number of hydrogen-bond donors (Lipinski definition) is 2. The van der Waals surface area contributed by atoms with E-state index in [1.54, 1.807) is 24.5 Å². The van der Waals surface area contributed by atoms with Crippen LogP contribution < -0.4 is 25.7 Å². The molecule has 0 spiro atoms. The quantitative estimate of drug-likeness (QED) is 0.564. The average Bonchev–Trinajstić information content (AvgIpc) is 2.87. The summed E-state index contributed by atoms with van der Waals surface area (Å²) in [5.41, 5.74) is 3.59. The van der Waals surface area contributed by atoms with Crippen LogP contribution in [-0.4, -0.2) is 65.4 Å². The summed E-state index contributed by atoms with van der Waals surface area (Å²) in [7, 11) is 1.86. The zero-order valence-corrected chi connectivity index (χ0v) is 18.9. The van der Waals surface area contributed by atoms with E-state index in [4.69, 9.17) is 9.47 Å². The molecule has 174 valence electrons. The van der Waals surface area contributed by atoms with Crippen molar-refractivity contribution in [2.75, 3.05) is 45.2 Å². The van der Waals surface area contributed by atoms with Gasteiger partial charge in [0.2, 0.25) is 0 Å². The van der Waals surface area contributed by atoms with Crippen molar-refractivity contribution >= 4 is 16.7 Å². The molecule has 9 heteroatoms. The minimum Gasteiger partial charge on any atom is -0.486 e. The van der Waals surface area contributed by atoms with E-state index in [1.807, 2.05) is 23.7 Å². The van der Waals surface area contributed by atoms with E-state index in [-0.39, 0.29) is 5.56 Å². The number of aromatic nitrogens is 3. The van der Waals surface area contributed by atoms with E-state index in [0.717, 1.165) is 66.4 Å². The Labute approximate surface area is 192 Å². The lowest BCUT2D eigenvalue weighted by molar-refractivity contribution is 0.170. The minimum absolute atomic E-state index is 0.0148. The Morgan fingerprint density at radius 3 is 2.67 bits per heavy atom. The number of piperidine rings is 1. The molecule has 2 aliphatic heterocycles. The van der Waals surface area contributed by atoms with Gasteiger partial charge in [0.1, 0.15) is 13.2 Å². The molecule has 33 heavy (non-hydrogen) atoms. The molecule has 0 atom stereocenters. The zero-order valence-electron chi connectivity index (χ0n) is 18.9. The predicted molar refractivity (Wildman–Crippen MR) is 127 cm³/mol. The van der Waals surface area contributed by atoms with E-state index in [2.05, 4.69) is 25.5 Å². The summed E-state index contributed by atoms with van der Waals surface area (Å²) >= 11 is 0. The van der Waals surface area contributed by atoms with Gasteiger partial charge in [0.25, 0.3) is 5.56 Å². The molecule has 1 fully saturated rings. The maximum Gasteiger partial charge on any atom is 0.251 e. The number of likely N-dealkylation sites (tertiary alicyclic amines) is 1. The summed E-state index contributed by atoms with van der Waals surface area (Å²) in [6.45, 7) is 5.39. The number of nitrogens with one attached hydrogen (secondary N) is 2. The van der Waals surface area contributed by atoms with Crippen molar-refractivity contribution in [1.29, 1.82) is 0 Å². The Balaban J connectivity index is 1.13. The largest absolute Gasteiger partial charge is 0.486 e. The molecule has 5 heterocycles. The SMILES string of the molecule is CNc1cnc2ccc(=O)n(CCN3CCC(NCc4cc5c(cn4)OCCO5)CC3)c2c1. The Morgan fingerprint density at radius 2 is 1.85 bits per heavy atom. The highest BCUT2D eigenvalue weighted by Crippen LogP contribution is 2.29. The zero-order chi connectivity index (χ0) is 22.6. The van der Waals surface area contributed by atoms with Crippen molar-refractivity contribution in [3.8, 4) is 11.5 Å². The van der Waals surface area contributed by atoms with Gasteiger partial charge in [-0.3, -0.25) is 14.8 Å². The number of anilines is 1. The normalized spacial score (nSPS) is 16.8. The molecule has 5 rings (SSSR count). The van der Waals surface area contributed by atoms with Crippen LogP contribution in [0.25, 0.3) is 11.0 Å². The fourth-order valence-corrected chi connectivity index (χ4v) is 4.47. The molecule has 0 amide bonds. The maximum atomic E-state index is 12.5. The van der Waals surface area contributed by atoms with Crippen molar-refractivity contribution in [3.63, 3.8) is 0 Å². The Hall–Kier alpha value is -3.17. The molecule has 9 nitrogen and oxygen atoms in total. The van der Waals surface area contributed by atoms with E-state index >= 15 is 0 Å². The standard InChI is InChI=1S/C24H30N6O3/c1-25-18-12-21-20(28-14-18)2-3-24(31)30(21)9-8-29-6-4-17(5-7-29)26-15-19-13-22-23(16-27-19)33-11-10-32-22/h2-3,12-14,16-17,25-26H,4-11,15H2,1H3. The van der Waals surface area contributed by atoms with Gasteiger partial charge in [0.15, 0.2) is 11.5 Å². The molecule has 3 aromatic heterocycles. The van der Waals surface area contributed by atoms with E-state index in [9.17, 15) is 4.79 Å². The van der Waals surface area contributed by atoms with Gasteiger partial charge in [-0.15, -0.1) is 0 Å². The highest BCUT2D eigenvalue weighted by Gasteiger charge is 2.20. The first-order chi connectivity index (χ1) is 16.2. The molecular formula is C24H30N6O3. The molecule has 0 aliphatic carbocycles. The van der Waals surface area contributed by atoms with E-state index in [1.165, 1.54) is 0 Å². The van der Waals surface area contributed by atoms with Crippen molar-refractivity contribution < 1.29 is 9.47 Å². The van der Waals surface area contributed by atoms with Gasteiger partial charge in [0, 0.05) is 44.9 Å². The van der Waals surface area contributed by atoms with Gasteiger partial charge in [-0.05, 0) is 38.1 Å². The second kappa shape index (κ2) is 9.76. The van der Waals surface area contributed by atoms with Gasteiger partial charge in [-0.1, -0.05) is 0 Å². The van der Waals surface area contributed by atoms with Crippen LogP contribution in [0.3, 0.4) is 0 Å². The van der Waals surface area contributed by atoms with Crippen LogP contribution in [0, 0.1) is 0 Å². The Morgan fingerprint density at radius 1 is 1.03 bits per heavy atom. The smallest absolute Gasteiger partial charge is 0.251 e. The van der Waals surface area contributed by atoms with Gasteiger partial charge >= 0.3 is 0 Å². The van der Waals surface area contributed by atoms with Crippen LogP contribution >= 0.6 is 0 Å². The average molecular weight is 451 g/mol. The van der Waals surface area contributed by atoms with Crippen molar-refractivity contribution in [3.05, 3.63) is 52.7 Å². The van der Waals surface area contributed by atoms with Gasteiger partial charge < -0.3 is 29.6 Å². The lowest BCUT2D eigenvalue weighted by Gasteiger charge is -2.32. The summed E-state index contributed by atoms with van der Waals surface area (Å²) in [6.07, 6.45) is 5.68. The fraction of sp³-hybridized carbons (Fsp3) is 0.458. The number of hydrogen-bond acceptors (Lipinski definition) is 8. The molecule has 0 saturated carbocycles. The molecule has 0 radical (unpaired) electrons. The topological polar surface area (TPSA) is 93.5 Å². The minimum atomic E-state index is 0.0148. The molecule has 2 aliphatic rings. The summed E-state index contributed by atoms with van der Waals surface area (Å²) in [4.78, 5) is 23.9. The van der Waals surface area contributed by atoms with E-state index < -0.39 is 0 Å². The third-order valence-electron chi connectivity index (χ3n) is 6.41. The first-order valence-electron chi connectivity index (χ1n) is 11.6. The molecule has 0 unspecified atom stereocenters. The molecule has 1 saturated heterocycles. The van der Waals surface area contributed by atoms with E-state index in [0.29, 0.717) is 32.3 Å². The summed E-state index contributed by atoms with van der Waals surface area (Å²) in [5, 5.41) is 6.73. The van der Waals surface area contributed by atoms with Crippen LogP contribution in [-0.2, 0) is 13.1 Å². The highest BCUT2D eigenvalue weighted by molar-refractivity contribution is 5.77. The monoisotopic (exact) mass is 450 g/mol. The molecule has 0 bridgehead atoms. The third-order valence-corrected chi connectivity index (χ3v) is 6.41. The lowest BCUT2D eigenvalue weighted by Crippen LogP contribution is -2.43. The van der Waals surface area contributed by atoms with Crippen molar-refractivity contribution in [1.82, 2.24) is 24.8 Å². The third kappa shape index (κ3) is 4.94. The molecular weight excluding hydrogens is 420 g/mol. The van der Waals surface area contributed by atoms with Gasteiger partial charge in [-0.2, -0.15) is 0 Å². The summed E-state index contributed by atoms with van der Waals surface area (Å²) in [6, 6.07) is 7.81. The number of rotatable bonds is 7. The highest BCUT2D eigenvalue weighted by atomic mass is 16.6. The first kappa shape index (κ1) is 21.7. The molecule has 2 N–H and O–H groups in total. The Kier molecular flexibility index (Phi) is 6.41. The van der Waals surface area contributed by atoms with Crippen LogP contribution in [0.1, 0.15) is 18.5 Å². The summed E-state index contributed by atoms with van der Waals surface area (Å²) < 4.78 is 13.0. The van der Waals surface area contributed by atoms with Crippen LogP contribution in [0.2, 0.25) is 0 Å². The second-order valence-corrected chi connectivity index (χ2v) is 8.52. The van der Waals surface area contributed by atoms with Gasteiger partial charge in [0.05, 0.1) is 34.8 Å². The molecule has 0 aromatic carbocycles. The number of ether oxygens (including phenoxy) is 2. The van der Waals surface area contributed by atoms with Gasteiger partial charge in [-0.25, -0.2) is 0 Å². The maximum absolute atomic E-state index is 12.5. The second-order valence-electron chi connectivity index (χ2n) is 8.52. The number of fused-ring (bicyclic) bond motifs is 2. The number of pyridine rings is 3.